The molecule has 4 rings (SSSR count). The molecule has 9 heteroatoms. The summed E-state index contributed by atoms with van der Waals surface area (Å²) in [5, 5.41) is 1.61. The van der Waals surface area contributed by atoms with Gasteiger partial charge in [-0.1, -0.05) is 59.9 Å². The molecule has 1 aliphatic rings. The van der Waals surface area contributed by atoms with E-state index in [0.29, 0.717) is 46.2 Å². The maximum absolute atomic E-state index is 13.4. The molecule has 0 aliphatic carbocycles. The number of benzene rings is 3. The summed E-state index contributed by atoms with van der Waals surface area (Å²) in [7, 11) is 3.20. The molecule has 202 valence electrons. The fourth-order valence-corrected chi connectivity index (χ4v) is 5.42. The van der Waals surface area contributed by atoms with Crippen LogP contribution in [-0.4, -0.2) is 44.3 Å². The number of rotatable bonds is 10. The summed E-state index contributed by atoms with van der Waals surface area (Å²) >= 11 is 18.8. The largest absolute Gasteiger partial charge is 0.493 e. The number of hydrogen-bond acceptors (Lipinski definition) is 5. The van der Waals surface area contributed by atoms with Crippen LogP contribution in [0.1, 0.15) is 42.2 Å². The van der Waals surface area contributed by atoms with Crippen LogP contribution in [0.3, 0.4) is 0 Å². The molecule has 1 amide bonds. The number of methoxy groups -OCH3 is 2. The number of morpholine rings is 1. The second-order valence-electron chi connectivity index (χ2n) is 9.00. The molecule has 1 saturated heterocycles. The van der Waals surface area contributed by atoms with Gasteiger partial charge in [-0.2, -0.15) is 0 Å². The summed E-state index contributed by atoms with van der Waals surface area (Å²) in [4.78, 5) is 15.3. The highest BCUT2D eigenvalue weighted by atomic mass is 35.5. The Hall–Kier alpha value is -2.48. The molecule has 0 aromatic heterocycles. The van der Waals surface area contributed by atoms with Crippen molar-refractivity contribution >= 4 is 40.7 Å². The summed E-state index contributed by atoms with van der Waals surface area (Å²) in [6.07, 6.45) is 0.204. The average Bonchev–Trinajstić information content (AvgIpc) is 2.91. The highest BCUT2D eigenvalue weighted by molar-refractivity contribution is 6.34. The molecular weight excluding hydrogens is 549 g/mol. The van der Waals surface area contributed by atoms with E-state index in [4.69, 9.17) is 53.8 Å². The Bertz CT molecular complexity index is 1230. The van der Waals surface area contributed by atoms with E-state index in [1.165, 1.54) is 0 Å². The normalized spacial score (nSPS) is 18.4. The van der Waals surface area contributed by atoms with Crippen molar-refractivity contribution in [1.82, 2.24) is 4.90 Å². The van der Waals surface area contributed by atoms with E-state index in [0.717, 1.165) is 16.7 Å². The highest BCUT2D eigenvalue weighted by Crippen LogP contribution is 2.43. The van der Waals surface area contributed by atoms with Crippen LogP contribution in [0.25, 0.3) is 0 Å². The molecule has 1 heterocycles. The summed E-state index contributed by atoms with van der Waals surface area (Å²) < 4.78 is 23.0. The van der Waals surface area contributed by atoms with E-state index in [1.807, 2.05) is 66.4 Å². The molecule has 0 spiro atoms. The lowest BCUT2D eigenvalue weighted by Crippen LogP contribution is -2.52. The summed E-state index contributed by atoms with van der Waals surface area (Å²) in [6.45, 7) is 2.67. The third-order valence-corrected chi connectivity index (χ3v) is 7.27. The Morgan fingerprint density at radius 2 is 1.58 bits per heavy atom. The van der Waals surface area contributed by atoms with Crippen molar-refractivity contribution in [3.63, 3.8) is 0 Å². The van der Waals surface area contributed by atoms with Crippen LogP contribution in [-0.2, 0) is 20.9 Å². The van der Waals surface area contributed by atoms with Gasteiger partial charge in [0.2, 0.25) is 5.91 Å². The first kappa shape index (κ1) is 28.5. The molecule has 3 atom stereocenters. The molecule has 3 aromatic carbocycles. The third-order valence-electron chi connectivity index (χ3n) is 6.58. The van der Waals surface area contributed by atoms with Gasteiger partial charge in [-0.05, 0) is 65.6 Å². The highest BCUT2D eigenvalue weighted by Gasteiger charge is 2.42. The van der Waals surface area contributed by atoms with Crippen molar-refractivity contribution < 1.29 is 23.7 Å². The molecular formula is C29H30Cl3NO5. The predicted octanol–water partition coefficient (Wildman–Crippen LogP) is 7.30. The van der Waals surface area contributed by atoms with Gasteiger partial charge in [0.1, 0.15) is 12.7 Å². The van der Waals surface area contributed by atoms with E-state index in [2.05, 4.69) is 0 Å². The maximum atomic E-state index is 13.4. The SMILES string of the molecule is CCC(COCc1ccc(OC)c(OC)c1)N1C(=O)CO[C@H](c2cc(Cl)cc(Cl)c2)[C@H]1c1ccc(Cl)cc1. The van der Waals surface area contributed by atoms with Gasteiger partial charge in [0.25, 0.3) is 0 Å². The monoisotopic (exact) mass is 577 g/mol. The Morgan fingerprint density at radius 3 is 2.21 bits per heavy atom. The van der Waals surface area contributed by atoms with E-state index in [9.17, 15) is 4.79 Å². The average molecular weight is 579 g/mol. The zero-order chi connectivity index (χ0) is 27.2. The zero-order valence-electron chi connectivity index (χ0n) is 21.5. The predicted molar refractivity (Wildman–Crippen MR) is 149 cm³/mol. The lowest BCUT2D eigenvalue weighted by atomic mass is 9.91. The second-order valence-corrected chi connectivity index (χ2v) is 10.3. The standard InChI is InChI=1S/C29H30Cl3NO5/c1-4-24(16-37-15-18-5-10-25(35-2)26(11-18)36-3)33-27(34)17-38-29(20-12-22(31)14-23(32)13-20)28(33)19-6-8-21(30)9-7-19/h5-14,24,28-29H,4,15-17H2,1-3H3/t24?,28-,29-/m1/s1. The molecule has 6 nitrogen and oxygen atoms in total. The Labute approximate surface area is 238 Å². The number of nitrogens with zero attached hydrogens (tertiary/aromatic N) is 1. The van der Waals surface area contributed by atoms with Gasteiger partial charge < -0.3 is 23.8 Å². The van der Waals surface area contributed by atoms with Crippen molar-refractivity contribution in [3.8, 4) is 11.5 Å². The van der Waals surface area contributed by atoms with Crippen LogP contribution < -0.4 is 9.47 Å². The number of carbonyl (C=O) groups is 1. The van der Waals surface area contributed by atoms with Gasteiger partial charge >= 0.3 is 0 Å². The summed E-state index contributed by atoms with van der Waals surface area (Å²) in [6, 6.07) is 17.8. The van der Waals surface area contributed by atoms with Crippen LogP contribution in [0.5, 0.6) is 11.5 Å². The van der Waals surface area contributed by atoms with Crippen LogP contribution in [0, 0.1) is 0 Å². The van der Waals surface area contributed by atoms with Crippen molar-refractivity contribution in [2.45, 2.75) is 38.1 Å². The van der Waals surface area contributed by atoms with Gasteiger partial charge in [0.15, 0.2) is 11.5 Å². The molecule has 1 unspecified atom stereocenters. The number of amides is 1. The smallest absolute Gasteiger partial charge is 0.249 e. The first-order chi connectivity index (χ1) is 18.3. The lowest BCUT2D eigenvalue weighted by Gasteiger charge is -2.45. The molecule has 0 N–H and O–H groups in total. The van der Waals surface area contributed by atoms with Gasteiger partial charge in [0, 0.05) is 15.1 Å². The van der Waals surface area contributed by atoms with Gasteiger partial charge in [-0.25, -0.2) is 0 Å². The lowest BCUT2D eigenvalue weighted by molar-refractivity contribution is -0.166. The Morgan fingerprint density at radius 1 is 0.895 bits per heavy atom. The number of halogens is 3. The minimum absolute atomic E-state index is 0.0644. The van der Waals surface area contributed by atoms with Crippen molar-refractivity contribution in [2.75, 3.05) is 27.4 Å². The molecule has 0 bridgehead atoms. The Balaban J connectivity index is 1.61. The second kappa shape index (κ2) is 13.0. The van der Waals surface area contributed by atoms with E-state index < -0.39 is 12.1 Å². The third kappa shape index (κ3) is 6.56. The zero-order valence-corrected chi connectivity index (χ0v) is 23.7. The van der Waals surface area contributed by atoms with Crippen LogP contribution in [0.2, 0.25) is 15.1 Å². The van der Waals surface area contributed by atoms with E-state index >= 15 is 0 Å². The fourth-order valence-electron chi connectivity index (χ4n) is 4.75. The van der Waals surface area contributed by atoms with Gasteiger partial charge in [0.05, 0.1) is 39.5 Å². The maximum Gasteiger partial charge on any atom is 0.249 e. The van der Waals surface area contributed by atoms with Crippen LogP contribution in [0.4, 0.5) is 0 Å². The minimum atomic E-state index is -0.482. The molecule has 1 fully saturated rings. The van der Waals surface area contributed by atoms with Crippen LogP contribution >= 0.6 is 34.8 Å². The fraction of sp³-hybridized carbons (Fsp3) is 0.345. The minimum Gasteiger partial charge on any atom is -0.493 e. The summed E-state index contributed by atoms with van der Waals surface area (Å²) in [5.41, 5.74) is 2.62. The van der Waals surface area contributed by atoms with Crippen LogP contribution in [0.15, 0.2) is 60.7 Å². The topological polar surface area (TPSA) is 57.2 Å². The molecule has 0 saturated carbocycles. The molecule has 3 aromatic rings. The molecule has 1 aliphatic heterocycles. The number of hydrogen-bond donors (Lipinski definition) is 0. The van der Waals surface area contributed by atoms with Gasteiger partial charge in [-0.15, -0.1) is 0 Å². The first-order valence-electron chi connectivity index (χ1n) is 12.3. The first-order valence-corrected chi connectivity index (χ1v) is 13.4. The summed E-state index contributed by atoms with van der Waals surface area (Å²) in [5.74, 6) is 1.17. The molecule has 38 heavy (non-hydrogen) atoms. The number of carbonyl (C=O) groups excluding carboxylic acids is 1. The quantitative estimate of drug-likeness (QED) is 0.253. The molecule has 0 radical (unpaired) electrons. The van der Waals surface area contributed by atoms with Crippen molar-refractivity contribution in [3.05, 3.63) is 92.4 Å². The van der Waals surface area contributed by atoms with Crippen molar-refractivity contribution in [1.29, 1.82) is 0 Å². The van der Waals surface area contributed by atoms with Gasteiger partial charge in [-0.3, -0.25) is 4.79 Å². The number of ether oxygens (including phenoxy) is 4. The van der Waals surface area contributed by atoms with E-state index in [-0.39, 0.29) is 18.6 Å². The van der Waals surface area contributed by atoms with Crippen molar-refractivity contribution in [2.24, 2.45) is 0 Å². The Kier molecular flexibility index (Phi) is 9.80. The van der Waals surface area contributed by atoms with E-state index in [1.54, 1.807) is 20.3 Å².